The zero-order chi connectivity index (χ0) is 43.2. The van der Waals surface area contributed by atoms with Crippen molar-refractivity contribution in [2.24, 2.45) is 0 Å². The van der Waals surface area contributed by atoms with E-state index in [1.165, 1.54) is 14.2 Å². The number of amides is 5. The molecule has 4 aliphatic rings. The van der Waals surface area contributed by atoms with Crippen molar-refractivity contribution >= 4 is 30.1 Å². The highest BCUT2D eigenvalue weighted by Gasteiger charge is 2.39. The van der Waals surface area contributed by atoms with Crippen molar-refractivity contribution < 1.29 is 47.7 Å². The fraction of sp³-hybridized carbons (Fsp3) is 0.465. The number of H-pyrrole nitrogens is 2. The van der Waals surface area contributed by atoms with Crippen LogP contribution in [0.1, 0.15) is 68.7 Å². The first-order chi connectivity index (χ1) is 30.2. The quantitative estimate of drug-likeness (QED) is 0.153. The van der Waals surface area contributed by atoms with Gasteiger partial charge < -0.3 is 59.4 Å². The summed E-state index contributed by atoms with van der Waals surface area (Å²) >= 11 is 0. The molecule has 4 aromatic rings. The number of nitrogens with zero attached hydrogens (tertiary/aromatic N) is 4. The van der Waals surface area contributed by atoms with Gasteiger partial charge in [0.25, 0.3) is 0 Å². The summed E-state index contributed by atoms with van der Waals surface area (Å²) < 4.78 is 26.8. The lowest BCUT2D eigenvalue weighted by Gasteiger charge is -2.29. The molecule has 3 saturated heterocycles. The number of carbonyl (C=O) groups is 5. The molecule has 2 aromatic heterocycles. The Morgan fingerprint density at radius 3 is 2.27 bits per heavy atom. The van der Waals surface area contributed by atoms with Gasteiger partial charge in [-0.1, -0.05) is 30.3 Å². The minimum Gasteiger partial charge on any atom is -0.493 e. The lowest BCUT2D eigenvalue weighted by molar-refractivity contribution is -0.136. The summed E-state index contributed by atoms with van der Waals surface area (Å²) in [7, 11) is 2.49. The second-order valence-electron chi connectivity index (χ2n) is 15.7. The van der Waals surface area contributed by atoms with Gasteiger partial charge in [0.1, 0.15) is 36.1 Å². The van der Waals surface area contributed by atoms with Crippen LogP contribution in [-0.2, 0) is 28.5 Å². The molecule has 0 radical (unpaired) electrons. The maximum Gasteiger partial charge on any atom is 0.407 e. The van der Waals surface area contributed by atoms with Gasteiger partial charge in [0.15, 0.2) is 0 Å². The number of ether oxygens (including phenoxy) is 5. The van der Waals surface area contributed by atoms with Crippen LogP contribution in [0.3, 0.4) is 0 Å². The SMILES string of the molecule is COC(=O)N[C@@H](C[C@@H]1COC(=O)N1)C(=O)N1CCC[C@H]1c1ncc(-c2ccc(-c3ccc4c(c3)OCCCCOC[C@H](NC(=O)OC)C(=O)N3CCC[C@H]3c3ncc-4[nH]3)cc2)[nH]1. The van der Waals surface area contributed by atoms with Gasteiger partial charge in [-0.25, -0.2) is 24.4 Å². The van der Waals surface area contributed by atoms with Crippen LogP contribution >= 0.6 is 0 Å². The largest absolute Gasteiger partial charge is 0.493 e. The number of benzene rings is 2. The van der Waals surface area contributed by atoms with Crippen LogP contribution in [0.5, 0.6) is 5.75 Å². The number of hydrogen-bond donors (Lipinski definition) is 5. The number of imidazole rings is 2. The Morgan fingerprint density at radius 1 is 0.806 bits per heavy atom. The van der Waals surface area contributed by atoms with Gasteiger partial charge in [-0.15, -0.1) is 0 Å². The van der Waals surface area contributed by atoms with Gasteiger partial charge in [-0.2, -0.15) is 0 Å². The third-order valence-electron chi connectivity index (χ3n) is 11.7. The summed E-state index contributed by atoms with van der Waals surface area (Å²) in [6, 6.07) is 11.3. The van der Waals surface area contributed by atoms with Gasteiger partial charge in [0, 0.05) is 31.7 Å². The van der Waals surface area contributed by atoms with E-state index in [0.29, 0.717) is 63.0 Å². The molecule has 0 aliphatic carbocycles. The predicted octanol–water partition coefficient (Wildman–Crippen LogP) is 4.60. The molecule has 0 unspecified atom stereocenters. The number of cyclic esters (lactones) is 1. The van der Waals surface area contributed by atoms with E-state index in [4.69, 9.17) is 28.7 Å². The number of methoxy groups -OCH3 is 2. The standard InChI is InChI=1S/C43H51N9O10/c1-58-41(55)49-30(20-28-23-62-43(57)46-28)39(53)51-15-5-7-34(51)37-44-21-31(47-37)26-11-9-25(10-12-26)27-13-14-29-32-22-45-38(48-32)35-8-6-16-52(35)40(54)33(50-42(56)59-2)24-60-17-3-4-18-61-36(29)19-27/h9-14,19,21-22,28,30,33-35H,3-8,15-18,20,23-24H2,1-2H3,(H,44,47)(H,45,48)(H,46,57)(H,49,55)(H,50,56)/t28-,30+,33+,34+,35+/m1/s1. The molecule has 5 atom stereocenters. The molecule has 19 nitrogen and oxygen atoms in total. The maximum atomic E-state index is 13.9. The summed E-state index contributed by atoms with van der Waals surface area (Å²) in [5, 5.41) is 7.94. The van der Waals surface area contributed by atoms with Crippen LogP contribution in [0.4, 0.5) is 14.4 Å². The first-order valence-corrected chi connectivity index (χ1v) is 21.0. The molecule has 62 heavy (non-hydrogen) atoms. The summed E-state index contributed by atoms with van der Waals surface area (Å²) in [5.41, 5.74) is 5.23. The highest BCUT2D eigenvalue weighted by molar-refractivity contribution is 5.87. The average Bonchev–Trinajstić information content (AvgIpc) is 4.15. The molecule has 2 aromatic carbocycles. The number of rotatable bonds is 8. The molecule has 5 amide bonds. The highest BCUT2D eigenvalue weighted by atomic mass is 16.6. The van der Waals surface area contributed by atoms with Crippen molar-refractivity contribution in [3.8, 4) is 39.4 Å². The van der Waals surface area contributed by atoms with Gasteiger partial charge in [-0.3, -0.25) is 9.59 Å². The van der Waals surface area contributed by atoms with E-state index in [-0.39, 0.29) is 43.5 Å². The van der Waals surface area contributed by atoms with Crippen LogP contribution in [0.2, 0.25) is 0 Å². The van der Waals surface area contributed by atoms with Crippen LogP contribution in [0.15, 0.2) is 54.9 Å². The lowest BCUT2D eigenvalue weighted by atomic mass is 10.00. The fourth-order valence-corrected chi connectivity index (χ4v) is 8.54. The van der Waals surface area contributed by atoms with Crippen molar-refractivity contribution in [1.82, 2.24) is 45.7 Å². The number of aromatic nitrogens is 4. The van der Waals surface area contributed by atoms with Crippen molar-refractivity contribution in [1.29, 1.82) is 0 Å². The lowest BCUT2D eigenvalue weighted by Crippen LogP contribution is -2.51. The van der Waals surface area contributed by atoms with Crippen LogP contribution < -0.4 is 20.7 Å². The smallest absolute Gasteiger partial charge is 0.407 e. The minimum atomic E-state index is -0.935. The molecule has 328 valence electrons. The van der Waals surface area contributed by atoms with E-state index in [1.807, 2.05) is 42.5 Å². The molecule has 6 heterocycles. The van der Waals surface area contributed by atoms with Crippen LogP contribution in [0, 0.1) is 0 Å². The van der Waals surface area contributed by atoms with E-state index < -0.39 is 36.4 Å². The second kappa shape index (κ2) is 19.0. The van der Waals surface area contributed by atoms with E-state index in [9.17, 15) is 24.0 Å². The third-order valence-corrected chi connectivity index (χ3v) is 11.7. The highest BCUT2D eigenvalue weighted by Crippen LogP contribution is 2.38. The number of likely N-dealkylation sites (tertiary alicyclic amines) is 1. The molecule has 19 heteroatoms. The second-order valence-corrected chi connectivity index (χ2v) is 15.7. The minimum absolute atomic E-state index is 0.0208. The summed E-state index contributed by atoms with van der Waals surface area (Å²) in [6.07, 6.45) is 6.02. The van der Waals surface area contributed by atoms with E-state index in [0.717, 1.165) is 52.9 Å². The van der Waals surface area contributed by atoms with Crippen molar-refractivity contribution in [3.63, 3.8) is 0 Å². The third kappa shape index (κ3) is 9.31. The van der Waals surface area contributed by atoms with Gasteiger partial charge in [0.2, 0.25) is 11.8 Å². The number of carbonyl (C=O) groups excluding carboxylic acids is 5. The van der Waals surface area contributed by atoms with Crippen LogP contribution in [-0.4, -0.2) is 132 Å². The number of hydrogen-bond acceptors (Lipinski definition) is 12. The molecule has 4 aliphatic heterocycles. The Hall–Kier alpha value is -6.63. The Kier molecular flexibility index (Phi) is 12.9. The van der Waals surface area contributed by atoms with Crippen molar-refractivity contribution in [2.75, 3.05) is 53.7 Å². The maximum absolute atomic E-state index is 13.9. The fourth-order valence-electron chi connectivity index (χ4n) is 8.54. The number of aromatic amines is 2. The molecule has 0 saturated carbocycles. The molecule has 3 fully saturated rings. The summed E-state index contributed by atoms with van der Waals surface area (Å²) in [4.78, 5) is 83.3. The monoisotopic (exact) mass is 853 g/mol. The average molecular weight is 854 g/mol. The topological polar surface area (TPSA) is 231 Å². The Bertz CT molecular complexity index is 2260. The van der Waals surface area contributed by atoms with Crippen molar-refractivity contribution in [2.45, 2.75) is 75.2 Å². The van der Waals surface area contributed by atoms with Gasteiger partial charge in [0.05, 0.1) is 69.3 Å². The zero-order valence-electron chi connectivity index (χ0n) is 34.6. The van der Waals surface area contributed by atoms with Crippen LogP contribution in [0.25, 0.3) is 33.6 Å². The zero-order valence-corrected chi connectivity index (χ0v) is 34.6. The first kappa shape index (κ1) is 42.1. The molecule has 2 bridgehead atoms. The predicted molar refractivity (Wildman–Crippen MR) is 222 cm³/mol. The number of fused-ring (bicyclic) bond motifs is 6. The number of nitrogens with one attached hydrogen (secondary N) is 5. The van der Waals surface area contributed by atoms with Crippen molar-refractivity contribution in [3.05, 3.63) is 66.5 Å². The Balaban J connectivity index is 0.982. The van der Waals surface area contributed by atoms with Gasteiger partial charge >= 0.3 is 18.3 Å². The Labute approximate surface area is 357 Å². The normalized spacial score (nSPS) is 22.1. The van der Waals surface area contributed by atoms with E-state index in [2.05, 4.69) is 30.9 Å². The summed E-state index contributed by atoms with van der Waals surface area (Å²) in [6.45, 7) is 1.96. The Morgan fingerprint density at radius 2 is 1.50 bits per heavy atom. The van der Waals surface area contributed by atoms with E-state index in [1.54, 1.807) is 22.2 Å². The molecule has 8 rings (SSSR count). The molecule has 0 spiro atoms. The molecular formula is C43H51N9O10. The summed E-state index contributed by atoms with van der Waals surface area (Å²) in [5.74, 6) is 1.45. The first-order valence-electron chi connectivity index (χ1n) is 21.0. The van der Waals surface area contributed by atoms with Gasteiger partial charge in [-0.05, 0) is 67.3 Å². The van der Waals surface area contributed by atoms with E-state index >= 15 is 0 Å². The molecular weight excluding hydrogens is 803 g/mol. The number of alkyl carbamates (subject to hydrolysis) is 3. The molecule has 5 N–H and O–H groups in total.